The molecule has 0 spiro atoms. The molecule has 0 bridgehead atoms. The first-order valence-corrected chi connectivity index (χ1v) is 9.23. The molecule has 6 heteroatoms. The van der Waals surface area contributed by atoms with Crippen molar-refractivity contribution in [1.29, 1.82) is 0 Å². The number of amides is 1. The van der Waals surface area contributed by atoms with Crippen LogP contribution < -0.4 is 4.74 Å². The number of esters is 1. The fraction of sp³-hybridized carbons (Fsp3) is 0.524. The zero-order chi connectivity index (χ0) is 20.0. The lowest BCUT2D eigenvalue weighted by atomic mass is 10.1. The summed E-state index contributed by atoms with van der Waals surface area (Å²) in [6.45, 7) is 7.20. The van der Waals surface area contributed by atoms with Gasteiger partial charge in [0.05, 0.1) is 6.61 Å². The highest BCUT2D eigenvalue weighted by molar-refractivity contribution is 5.93. The van der Waals surface area contributed by atoms with Crippen LogP contribution in [0.4, 0.5) is 0 Å². The molecule has 1 heterocycles. The van der Waals surface area contributed by atoms with Gasteiger partial charge in [-0.15, -0.1) is 0 Å². The van der Waals surface area contributed by atoms with Crippen molar-refractivity contribution in [3.63, 3.8) is 0 Å². The summed E-state index contributed by atoms with van der Waals surface area (Å²) in [7, 11) is 3.86. The number of likely N-dealkylation sites (N-methyl/N-ethyl adjacent to an activating group) is 1. The monoisotopic (exact) mass is 374 g/mol. The number of fused-ring (bicyclic) bond motifs is 1. The largest absolute Gasteiger partial charge is 0.493 e. The third-order valence-electron chi connectivity index (χ3n) is 4.00. The third-order valence-corrected chi connectivity index (χ3v) is 4.00. The van der Waals surface area contributed by atoms with Crippen LogP contribution in [0.1, 0.15) is 31.9 Å². The number of hydrogen-bond donors (Lipinski definition) is 0. The Balaban J connectivity index is 2.04. The van der Waals surface area contributed by atoms with Gasteiger partial charge in [0.25, 0.3) is 0 Å². The van der Waals surface area contributed by atoms with E-state index in [2.05, 4.69) is 0 Å². The molecule has 1 aromatic rings. The molecule has 0 radical (unpaired) electrons. The summed E-state index contributed by atoms with van der Waals surface area (Å²) in [4.78, 5) is 28.3. The number of ether oxygens (including phenoxy) is 2. The molecule has 1 aromatic carbocycles. The van der Waals surface area contributed by atoms with E-state index >= 15 is 0 Å². The first-order valence-electron chi connectivity index (χ1n) is 9.23. The van der Waals surface area contributed by atoms with Gasteiger partial charge in [-0.25, -0.2) is 0 Å². The minimum Gasteiger partial charge on any atom is -0.493 e. The van der Waals surface area contributed by atoms with Gasteiger partial charge >= 0.3 is 5.97 Å². The summed E-state index contributed by atoms with van der Waals surface area (Å²) in [5.74, 6) is 0.299. The standard InChI is InChI=1S/C21H30N2O4/c1-21(2,3)27-20(25)15-23(12-11-22(4)5)19(24)9-7-16-6-8-18-17(14-16)10-13-26-18/h6-9,14H,10-13,15H2,1-5H3. The average molecular weight is 374 g/mol. The van der Waals surface area contributed by atoms with Gasteiger partial charge < -0.3 is 19.3 Å². The number of nitrogens with zero attached hydrogens (tertiary/aromatic N) is 2. The molecule has 0 N–H and O–H groups in total. The molecule has 2 rings (SSSR count). The minimum atomic E-state index is -0.574. The van der Waals surface area contributed by atoms with E-state index in [9.17, 15) is 9.59 Å². The van der Waals surface area contributed by atoms with Gasteiger partial charge in [0.15, 0.2) is 0 Å². The van der Waals surface area contributed by atoms with E-state index in [1.54, 1.807) is 6.08 Å². The summed E-state index contributed by atoms with van der Waals surface area (Å²) < 4.78 is 10.9. The molecule has 0 atom stereocenters. The highest BCUT2D eigenvalue weighted by Crippen LogP contribution is 2.26. The Morgan fingerprint density at radius 1 is 1.22 bits per heavy atom. The van der Waals surface area contributed by atoms with Crippen LogP contribution in [0.5, 0.6) is 5.75 Å². The molecule has 1 aliphatic rings. The molecule has 0 saturated carbocycles. The smallest absolute Gasteiger partial charge is 0.326 e. The lowest BCUT2D eigenvalue weighted by molar-refractivity contribution is -0.158. The van der Waals surface area contributed by atoms with Crippen LogP contribution in [-0.4, -0.2) is 67.6 Å². The quantitative estimate of drug-likeness (QED) is 0.542. The second-order valence-electron chi connectivity index (χ2n) is 7.95. The highest BCUT2D eigenvalue weighted by Gasteiger charge is 2.21. The molecule has 0 aromatic heterocycles. The van der Waals surface area contributed by atoms with Gasteiger partial charge in [-0.05, 0) is 64.2 Å². The zero-order valence-electron chi connectivity index (χ0n) is 16.9. The van der Waals surface area contributed by atoms with E-state index in [1.165, 1.54) is 11.0 Å². The summed E-state index contributed by atoms with van der Waals surface area (Å²) >= 11 is 0. The minimum absolute atomic E-state index is 0.0632. The van der Waals surface area contributed by atoms with Crippen molar-refractivity contribution in [2.75, 3.05) is 40.3 Å². The van der Waals surface area contributed by atoms with Crippen LogP contribution in [0.25, 0.3) is 6.08 Å². The van der Waals surface area contributed by atoms with Crippen molar-refractivity contribution in [3.05, 3.63) is 35.4 Å². The zero-order valence-corrected chi connectivity index (χ0v) is 16.9. The second-order valence-corrected chi connectivity index (χ2v) is 7.95. The van der Waals surface area contributed by atoms with Crippen molar-refractivity contribution in [3.8, 4) is 5.75 Å². The van der Waals surface area contributed by atoms with E-state index in [1.807, 2.05) is 58.0 Å². The lowest BCUT2D eigenvalue weighted by Crippen LogP contribution is -2.41. The predicted molar refractivity (Wildman–Crippen MR) is 106 cm³/mol. The molecule has 1 aliphatic heterocycles. The number of carbonyl (C=O) groups is 2. The molecular weight excluding hydrogens is 344 g/mol. The van der Waals surface area contributed by atoms with Crippen LogP contribution in [0, 0.1) is 0 Å². The lowest BCUT2D eigenvalue weighted by Gasteiger charge is -2.25. The van der Waals surface area contributed by atoms with Crippen molar-refractivity contribution >= 4 is 18.0 Å². The Hall–Kier alpha value is -2.34. The van der Waals surface area contributed by atoms with E-state index in [4.69, 9.17) is 9.47 Å². The molecule has 27 heavy (non-hydrogen) atoms. The number of rotatable bonds is 7. The van der Waals surface area contributed by atoms with Crippen LogP contribution in [-0.2, 0) is 20.7 Å². The van der Waals surface area contributed by atoms with E-state index < -0.39 is 11.6 Å². The van der Waals surface area contributed by atoms with Crippen LogP contribution >= 0.6 is 0 Å². The Morgan fingerprint density at radius 2 is 1.96 bits per heavy atom. The summed E-state index contributed by atoms with van der Waals surface area (Å²) in [6.07, 6.45) is 4.18. The Kier molecular flexibility index (Phi) is 7.02. The van der Waals surface area contributed by atoms with Crippen LogP contribution in [0.15, 0.2) is 24.3 Å². The predicted octanol–water partition coefficient (Wildman–Crippen LogP) is 2.37. The van der Waals surface area contributed by atoms with Crippen molar-refractivity contribution < 1.29 is 19.1 Å². The molecule has 148 valence electrons. The molecule has 0 unspecified atom stereocenters. The normalized spacial score (nSPS) is 13.6. The topological polar surface area (TPSA) is 59.1 Å². The van der Waals surface area contributed by atoms with Gasteiger partial charge in [-0.3, -0.25) is 9.59 Å². The number of carbonyl (C=O) groups excluding carboxylic acids is 2. The van der Waals surface area contributed by atoms with Gasteiger partial charge in [-0.1, -0.05) is 6.07 Å². The summed E-state index contributed by atoms with van der Waals surface area (Å²) in [6, 6.07) is 5.88. The van der Waals surface area contributed by atoms with E-state index in [0.29, 0.717) is 19.7 Å². The first-order chi connectivity index (χ1) is 12.6. The Labute approximate surface area is 161 Å². The number of benzene rings is 1. The highest BCUT2D eigenvalue weighted by atomic mass is 16.6. The van der Waals surface area contributed by atoms with Crippen molar-refractivity contribution in [2.45, 2.75) is 32.8 Å². The maximum atomic E-state index is 12.7. The first kappa shape index (κ1) is 21.0. The molecule has 0 aliphatic carbocycles. The van der Waals surface area contributed by atoms with E-state index in [0.717, 1.165) is 23.3 Å². The SMILES string of the molecule is CN(C)CCN(CC(=O)OC(C)(C)C)C(=O)C=Cc1ccc2c(c1)CCO2. The Morgan fingerprint density at radius 3 is 2.63 bits per heavy atom. The van der Waals surface area contributed by atoms with Crippen molar-refractivity contribution in [1.82, 2.24) is 9.80 Å². The van der Waals surface area contributed by atoms with Crippen molar-refractivity contribution in [2.24, 2.45) is 0 Å². The summed E-state index contributed by atoms with van der Waals surface area (Å²) in [5, 5.41) is 0. The fourth-order valence-electron chi connectivity index (χ4n) is 2.70. The maximum absolute atomic E-state index is 12.7. The molecule has 6 nitrogen and oxygen atoms in total. The molecule has 0 saturated heterocycles. The van der Waals surface area contributed by atoms with Gasteiger partial charge in [0.1, 0.15) is 17.9 Å². The number of hydrogen-bond acceptors (Lipinski definition) is 5. The van der Waals surface area contributed by atoms with Crippen LogP contribution in [0.2, 0.25) is 0 Å². The van der Waals surface area contributed by atoms with Crippen LogP contribution in [0.3, 0.4) is 0 Å². The molecule has 1 amide bonds. The van der Waals surface area contributed by atoms with Gasteiger partial charge in [0, 0.05) is 25.6 Å². The summed E-state index contributed by atoms with van der Waals surface area (Å²) in [5.41, 5.74) is 1.52. The second kappa shape index (κ2) is 9.04. The molecule has 0 fully saturated rings. The van der Waals surface area contributed by atoms with E-state index in [-0.39, 0.29) is 12.5 Å². The third kappa shape index (κ3) is 7.06. The molecular formula is C21H30N2O4. The maximum Gasteiger partial charge on any atom is 0.326 e. The average Bonchev–Trinajstić information content (AvgIpc) is 3.02. The Bertz CT molecular complexity index is 705. The van der Waals surface area contributed by atoms with Gasteiger partial charge in [0.2, 0.25) is 5.91 Å². The van der Waals surface area contributed by atoms with Gasteiger partial charge in [-0.2, -0.15) is 0 Å². The fourth-order valence-corrected chi connectivity index (χ4v) is 2.70.